The van der Waals surface area contributed by atoms with E-state index < -0.39 is 17.4 Å². The van der Waals surface area contributed by atoms with Gasteiger partial charge in [0.2, 0.25) is 0 Å². The van der Waals surface area contributed by atoms with Gasteiger partial charge in [0.25, 0.3) is 0 Å². The molecule has 0 unspecified atom stereocenters. The number of hydrogen-bond donors (Lipinski definition) is 0. The first-order chi connectivity index (χ1) is 8.86. The zero-order valence-electron chi connectivity index (χ0n) is 13.9. The summed E-state index contributed by atoms with van der Waals surface area (Å²) in [7, 11) is -0.568. The van der Waals surface area contributed by atoms with E-state index >= 15 is 0 Å². The van der Waals surface area contributed by atoms with Gasteiger partial charge < -0.3 is 22.1 Å². The lowest BCUT2D eigenvalue weighted by molar-refractivity contribution is 0.0725. The fourth-order valence-electron chi connectivity index (χ4n) is 1.17. The predicted molar refractivity (Wildman–Crippen MR) is 82.6 cm³/mol. The molecule has 0 atom stereocenters. The van der Waals surface area contributed by atoms with Gasteiger partial charge in [0.1, 0.15) is 0 Å². The van der Waals surface area contributed by atoms with E-state index in [-0.39, 0.29) is 0 Å². The minimum Gasteiger partial charge on any atom is -0.398 e. The summed E-state index contributed by atoms with van der Waals surface area (Å²) in [6, 6.07) is 0.850. The van der Waals surface area contributed by atoms with E-state index in [4.69, 9.17) is 22.1 Å². The molecule has 0 amide bonds. The minimum atomic E-state index is -2.27. The van der Waals surface area contributed by atoms with Crippen LogP contribution in [0, 0.1) is 0 Å². The van der Waals surface area contributed by atoms with Crippen LogP contribution in [0.25, 0.3) is 0 Å². The van der Waals surface area contributed by atoms with E-state index in [9.17, 15) is 0 Å². The Hall–Kier alpha value is 0.234. The molecule has 0 fully saturated rings. The summed E-state index contributed by atoms with van der Waals surface area (Å²) in [4.78, 5) is 0. The van der Waals surface area contributed by atoms with Crippen molar-refractivity contribution in [3.05, 3.63) is 0 Å². The Morgan fingerprint density at radius 2 is 1.00 bits per heavy atom. The normalized spacial score (nSPS) is 12.0. The van der Waals surface area contributed by atoms with Gasteiger partial charge in [-0.3, -0.25) is 0 Å². The van der Waals surface area contributed by atoms with Crippen molar-refractivity contribution >= 4 is 17.4 Å². The van der Waals surface area contributed by atoms with E-state index in [2.05, 4.69) is 0 Å². The van der Waals surface area contributed by atoms with Gasteiger partial charge in [-0.2, -0.15) is 0 Å². The summed E-state index contributed by atoms with van der Waals surface area (Å²) in [6.07, 6.45) is 0. The summed E-state index contributed by atoms with van der Waals surface area (Å²) in [5.74, 6) is 0. The second kappa shape index (κ2) is 12.0. The molecule has 0 saturated heterocycles. The molecule has 0 aliphatic carbocycles. The largest absolute Gasteiger partial charge is 0.500 e. The van der Waals surface area contributed by atoms with Crippen molar-refractivity contribution in [3.8, 4) is 0 Å². The Bertz CT molecular complexity index is 180. The molecule has 0 aromatic heterocycles. The quantitative estimate of drug-likeness (QED) is 0.612. The Morgan fingerprint density at radius 3 is 1.11 bits per heavy atom. The van der Waals surface area contributed by atoms with E-state index in [1.165, 1.54) is 0 Å². The van der Waals surface area contributed by atoms with Crippen molar-refractivity contribution in [2.75, 3.05) is 34.0 Å². The standard InChI is InChI=1S/C8H20O3Si.C4H12O2Si/c1-5-9-12(8-4,10-6-2)11-7-3;1-5-7(3,4)6-2/h5-8H2,1-4H3;1-4H3. The fraction of sp³-hybridized carbons (Fsp3) is 1.00. The molecule has 0 rings (SSSR count). The highest BCUT2D eigenvalue weighted by atomic mass is 28.4. The van der Waals surface area contributed by atoms with Crippen LogP contribution >= 0.6 is 0 Å². The van der Waals surface area contributed by atoms with Crippen LogP contribution < -0.4 is 0 Å². The molecule has 0 aromatic carbocycles. The molecule has 0 bridgehead atoms. The van der Waals surface area contributed by atoms with Gasteiger partial charge in [0, 0.05) is 40.1 Å². The Balaban J connectivity index is 0. The Morgan fingerprint density at radius 1 is 0.684 bits per heavy atom. The molecule has 0 aliphatic heterocycles. The van der Waals surface area contributed by atoms with Crippen molar-refractivity contribution in [1.29, 1.82) is 0 Å². The van der Waals surface area contributed by atoms with Crippen molar-refractivity contribution in [2.45, 2.75) is 46.8 Å². The van der Waals surface area contributed by atoms with Gasteiger partial charge in [0.15, 0.2) is 0 Å². The maximum absolute atomic E-state index is 5.55. The molecule has 0 heterocycles. The molecule has 0 aliphatic rings. The Labute approximate surface area is 121 Å². The zero-order valence-corrected chi connectivity index (χ0v) is 15.9. The van der Waals surface area contributed by atoms with Gasteiger partial charge in [-0.1, -0.05) is 6.92 Å². The van der Waals surface area contributed by atoms with Gasteiger partial charge >= 0.3 is 17.4 Å². The summed E-state index contributed by atoms with van der Waals surface area (Å²) < 4.78 is 26.7. The van der Waals surface area contributed by atoms with Gasteiger partial charge in [-0.25, -0.2) is 0 Å². The maximum atomic E-state index is 5.55. The second-order valence-electron chi connectivity index (χ2n) is 4.14. The second-order valence-corrected chi connectivity index (χ2v) is 10.7. The van der Waals surface area contributed by atoms with Crippen LogP contribution in [0.4, 0.5) is 0 Å². The molecule has 0 aromatic rings. The number of hydrogen-bond acceptors (Lipinski definition) is 5. The predicted octanol–water partition coefficient (Wildman–Crippen LogP) is 3.04. The molecule has 0 radical (unpaired) electrons. The Kier molecular flexibility index (Phi) is 13.6. The third-order valence-corrected chi connectivity index (χ3v) is 7.53. The first-order valence-corrected chi connectivity index (χ1v) is 11.6. The molecule has 5 nitrogen and oxygen atoms in total. The lowest BCUT2D eigenvalue weighted by atomic mass is 10.9. The highest BCUT2D eigenvalue weighted by Crippen LogP contribution is 2.14. The van der Waals surface area contributed by atoms with Crippen LogP contribution in [0.1, 0.15) is 27.7 Å². The molecule has 7 heteroatoms. The summed E-state index contributed by atoms with van der Waals surface area (Å²) >= 11 is 0. The van der Waals surface area contributed by atoms with E-state index in [1.807, 2.05) is 40.8 Å². The monoisotopic (exact) mass is 312 g/mol. The zero-order chi connectivity index (χ0) is 15.4. The fourth-order valence-corrected chi connectivity index (χ4v) is 3.52. The van der Waals surface area contributed by atoms with Crippen molar-refractivity contribution in [3.63, 3.8) is 0 Å². The number of rotatable bonds is 9. The van der Waals surface area contributed by atoms with Gasteiger partial charge in [0.05, 0.1) is 0 Å². The third kappa shape index (κ3) is 10.7. The van der Waals surface area contributed by atoms with Crippen LogP contribution in [-0.2, 0) is 22.1 Å². The van der Waals surface area contributed by atoms with Crippen LogP contribution in [-0.4, -0.2) is 51.4 Å². The summed E-state index contributed by atoms with van der Waals surface area (Å²) in [5.41, 5.74) is 0. The van der Waals surface area contributed by atoms with Crippen molar-refractivity contribution in [2.24, 2.45) is 0 Å². The SMILES string of the molecule is CCO[Si](CC)(OCC)OCC.CO[Si](C)(C)OC. The van der Waals surface area contributed by atoms with Crippen molar-refractivity contribution in [1.82, 2.24) is 0 Å². The minimum absolute atomic E-state index is 0.667. The van der Waals surface area contributed by atoms with E-state index in [1.54, 1.807) is 14.2 Å². The molecule has 118 valence electrons. The van der Waals surface area contributed by atoms with Crippen LogP contribution in [0.2, 0.25) is 19.1 Å². The molecule has 0 N–H and O–H groups in total. The van der Waals surface area contributed by atoms with E-state index in [0.29, 0.717) is 19.8 Å². The highest BCUT2D eigenvalue weighted by molar-refractivity contribution is 6.64. The van der Waals surface area contributed by atoms with Gasteiger partial charge in [-0.05, 0) is 33.9 Å². The average molecular weight is 313 g/mol. The van der Waals surface area contributed by atoms with Crippen LogP contribution in [0.3, 0.4) is 0 Å². The third-order valence-electron chi connectivity index (χ3n) is 2.51. The van der Waals surface area contributed by atoms with Crippen molar-refractivity contribution < 1.29 is 22.1 Å². The topological polar surface area (TPSA) is 46.2 Å². The van der Waals surface area contributed by atoms with Gasteiger partial charge in [-0.15, -0.1) is 0 Å². The lowest BCUT2D eigenvalue weighted by Gasteiger charge is -2.26. The van der Waals surface area contributed by atoms with E-state index in [0.717, 1.165) is 6.04 Å². The molecular weight excluding hydrogens is 280 g/mol. The highest BCUT2D eigenvalue weighted by Gasteiger charge is 2.37. The lowest BCUT2D eigenvalue weighted by Crippen LogP contribution is -2.45. The first-order valence-electron chi connectivity index (χ1n) is 6.89. The molecular formula is C12H32O5Si2. The molecule has 0 saturated carbocycles. The smallest absolute Gasteiger partial charge is 0.398 e. The average Bonchev–Trinajstić information content (AvgIpc) is 2.40. The first kappa shape index (κ1) is 21.5. The van der Waals surface area contributed by atoms with Crippen LogP contribution in [0.15, 0.2) is 0 Å². The molecule has 0 spiro atoms. The summed E-state index contributed by atoms with van der Waals surface area (Å²) in [6.45, 7) is 13.9. The summed E-state index contributed by atoms with van der Waals surface area (Å²) in [5, 5.41) is 0. The molecule has 19 heavy (non-hydrogen) atoms. The maximum Gasteiger partial charge on any atom is 0.500 e. The van der Waals surface area contributed by atoms with Crippen LogP contribution in [0.5, 0.6) is 0 Å².